The van der Waals surface area contributed by atoms with Crippen molar-refractivity contribution in [2.24, 2.45) is 0 Å². The van der Waals surface area contributed by atoms with E-state index in [4.69, 9.17) is 0 Å². The minimum absolute atomic E-state index is 0.165. The van der Waals surface area contributed by atoms with Gasteiger partial charge in [0.1, 0.15) is 5.51 Å². The Morgan fingerprint density at radius 2 is 2.53 bits per heavy atom. The largest absolute Gasteiger partial charge is 0.273 e. The number of amides is 1. The molecule has 1 atom stereocenters. The predicted molar refractivity (Wildman–Crippen MR) is 63.2 cm³/mol. The van der Waals surface area contributed by atoms with E-state index in [2.05, 4.69) is 17.1 Å². The lowest BCUT2D eigenvalue weighted by Gasteiger charge is -2.20. The summed E-state index contributed by atoms with van der Waals surface area (Å²) in [6.45, 7) is 2.16. The van der Waals surface area contributed by atoms with Crippen LogP contribution in [0.1, 0.15) is 26.2 Å². The van der Waals surface area contributed by atoms with E-state index in [1.54, 1.807) is 22.2 Å². The Kier molecular flexibility index (Phi) is 3.58. The van der Waals surface area contributed by atoms with Crippen molar-refractivity contribution in [2.45, 2.75) is 31.6 Å². The number of thioether (sulfide) groups is 1. The van der Waals surface area contributed by atoms with Gasteiger partial charge in [-0.1, -0.05) is 31.1 Å². The molecule has 4 nitrogen and oxygen atoms in total. The van der Waals surface area contributed by atoms with Gasteiger partial charge in [0.15, 0.2) is 0 Å². The summed E-state index contributed by atoms with van der Waals surface area (Å²) in [6.07, 6.45) is 3.36. The lowest BCUT2D eigenvalue weighted by Crippen LogP contribution is -2.32. The normalized spacial score (nSPS) is 21.3. The molecule has 1 aromatic heterocycles. The molecule has 0 saturated carbocycles. The smallest absolute Gasteiger partial charge is 0.239 e. The van der Waals surface area contributed by atoms with Crippen LogP contribution in [0.25, 0.3) is 0 Å². The van der Waals surface area contributed by atoms with Crippen LogP contribution in [0.2, 0.25) is 0 Å². The molecule has 0 aliphatic carbocycles. The number of hydrogen-bond acceptors (Lipinski definition) is 5. The van der Waals surface area contributed by atoms with Crippen LogP contribution >= 0.6 is 23.1 Å². The van der Waals surface area contributed by atoms with Gasteiger partial charge in [0, 0.05) is 0 Å². The number of rotatable bonds is 4. The maximum atomic E-state index is 11.7. The lowest BCUT2D eigenvalue weighted by atomic mass is 10.2. The molecule has 1 amide bonds. The van der Waals surface area contributed by atoms with Crippen molar-refractivity contribution in [1.29, 1.82) is 0 Å². The molecule has 0 unspecified atom stereocenters. The third kappa shape index (κ3) is 2.31. The first-order valence-corrected chi connectivity index (χ1v) is 6.95. The van der Waals surface area contributed by atoms with Crippen LogP contribution in [0.5, 0.6) is 0 Å². The van der Waals surface area contributed by atoms with Gasteiger partial charge in [-0.05, 0) is 6.42 Å². The maximum absolute atomic E-state index is 11.7. The fourth-order valence-electron chi connectivity index (χ4n) is 1.57. The monoisotopic (exact) mass is 243 g/mol. The van der Waals surface area contributed by atoms with Gasteiger partial charge in [0.05, 0.1) is 11.1 Å². The number of anilines is 1. The molecule has 0 bridgehead atoms. The topological polar surface area (TPSA) is 46.1 Å². The van der Waals surface area contributed by atoms with Crippen LogP contribution in [0.3, 0.4) is 0 Å². The Morgan fingerprint density at radius 1 is 1.67 bits per heavy atom. The number of unbranched alkanes of at least 4 members (excludes halogenated alkanes) is 1. The zero-order chi connectivity index (χ0) is 10.7. The molecule has 1 aliphatic rings. The molecule has 1 fully saturated rings. The summed E-state index contributed by atoms with van der Waals surface area (Å²) in [5.41, 5.74) is 1.67. The molecule has 6 heteroatoms. The SMILES string of the molecule is CCCC[C@@H]1SCC(=O)N1c1nncs1. The Morgan fingerprint density at radius 3 is 3.20 bits per heavy atom. The third-order valence-electron chi connectivity index (χ3n) is 2.32. The third-order valence-corrected chi connectivity index (χ3v) is 4.25. The van der Waals surface area contributed by atoms with Crippen LogP contribution in [-0.4, -0.2) is 27.2 Å². The molecular formula is C9H13N3OS2. The van der Waals surface area contributed by atoms with Crippen LogP contribution in [-0.2, 0) is 4.79 Å². The number of carbonyl (C=O) groups is 1. The van der Waals surface area contributed by atoms with Gasteiger partial charge >= 0.3 is 0 Å². The Hall–Kier alpha value is -0.620. The highest BCUT2D eigenvalue weighted by Gasteiger charge is 2.33. The molecule has 15 heavy (non-hydrogen) atoms. The summed E-state index contributed by atoms with van der Waals surface area (Å²) in [5, 5.41) is 8.76. The molecule has 2 rings (SSSR count). The van der Waals surface area contributed by atoms with E-state index in [1.807, 2.05) is 0 Å². The van der Waals surface area contributed by atoms with Gasteiger partial charge in [0.25, 0.3) is 0 Å². The second-order valence-corrected chi connectivity index (χ2v) is 5.37. The van der Waals surface area contributed by atoms with Gasteiger partial charge in [-0.2, -0.15) is 0 Å². The zero-order valence-corrected chi connectivity index (χ0v) is 10.2. The fourth-order valence-corrected chi connectivity index (χ4v) is 3.43. The molecule has 0 radical (unpaired) electrons. The summed E-state index contributed by atoms with van der Waals surface area (Å²) >= 11 is 3.14. The highest BCUT2D eigenvalue weighted by Crippen LogP contribution is 2.33. The highest BCUT2D eigenvalue weighted by atomic mass is 32.2. The van der Waals surface area contributed by atoms with E-state index >= 15 is 0 Å². The first kappa shape index (κ1) is 10.9. The van der Waals surface area contributed by atoms with E-state index in [1.165, 1.54) is 11.3 Å². The minimum Gasteiger partial charge on any atom is -0.273 e. The fraction of sp³-hybridized carbons (Fsp3) is 0.667. The summed E-state index contributed by atoms with van der Waals surface area (Å²) in [5.74, 6) is 0.742. The van der Waals surface area contributed by atoms with Crippen LogP contribution < -0.4 is 4.90 Å². The molecule has 1 saturated heterocycles. The van der Waals surface area contributed by atoms with Crippen molar-refractivity contribution in [3.63, 3.8) is 0 Å². The minimum atomic E-state index is 0.165. The van der Waals surface area contributed by atoms with E-state index in [-0.39, 0.29) is 11.3 Å². The zero-order valence-electron chi connectivity index (χ0n) is 8.55. The Balaban J connectivity index is 2.08. The summed E-state index contributed by atoms with van der Waals surface area (Å²) in [6, 6.07) is 0. The van der Waals surface area contributed by atoms with Crippen molar-refractivity contribution in [3.8, 4) is 0 Å². The summed E-state index contributed by atoms with van der Waals surface area (Å²) in [7, 11) is 0. The summed E-state index contributed by atoms with van der Waals surface area (Å²) < 4.78 is 0. The first-order valence-electron chi connectivity index (χ1n) is 5.02. The van der Waals surface area contributed by atoms with Gasteiger partial charge in [0.2, 0.25) is 11.0 Å². The second-order valence-electron chi connectivity index (χ2n) is 3.39. The van der Waals surface area contributed by atoms with E-state index < -0.39 is 0 Å². The van der Waals surface area contributed by atoms with Crippen molar-refractivity contribution >= 4 is 34.1 Å². The average molecular weight is 243 g/mol. The molecule has 2 heterocycles. The molecule has 1 aliphatic heterocycles. The number of aromatic nitrogens is 2. The van der Waals surface area contributed by atoms with Crippen molar-refractivity contribution in [1.82, 2.24) is 10.2 Å². The van der Waals surface area contributed by atoms with E-state index in [0.717, 1.165) is 24.4 Å². The Labute approximate surface area is 97.1 Å². The highest BCUT2D eigenvalue weighted by molar-refractivity contribution is 8.01. The van der Waals surface area contributed by atoms with Crippen LogP contribution in [0.15, 0.2) is 5.51 Å². The van der Waals surface area contributed by atoms with Gasteiger partial charge in [-0.15, -0.1) is 22.0 Å². The van der Waals surface area contributed by atoms with Gasteiger partial charge in [-0.3, -0.25) is 9.69 Å². The van der Waals surface area contributed by atoms with Crippen LogP contribution in [0, 0.1) is 0 Å². The standard InChI is InChI=1S/C9H13N3OS2/c1-2-3-4-8-12(7(13)5-14-8)9-11-10-6-15-9/h6,8H,2-5H2,1H3/t8-/m0/s1. The molecule has 1 aromatic rings. The molecule has 82 valence electrons. The number of carbonyl (C=O) groups excluding carboxylic acids is 1. The first-order chi connectivity index (χ1) is 7.33. The van der Waals surface area contributed by atoms with Crippen molar-refractivity contribution in [2.75, 3.05) is 10.7 Å². The van der Waals surface area contributed by atoms with Crippen molar-refractivity contribution in [3.05, 3.63) is 5.51 Å². The maximum Gasteiger partial charge on any atom is 0.239 e. The Bertz CT molecular complexity index is 328. The van der Waals surface area contributed by atoms with E-state index in [0.29, 0.717) is 5.75 Å². The molecule has 0 spiro atoms. The predicted octanol–water partition coefficient (Wildman–Crippen LogP) is 2.13. The average Bonchev–Trinajstić information content (AvgIpc) is 2.84. The van der Waals surface area contributed by atoms with Crippen molar-refractivity contribution < 1.29 is 4.79 Å². The summed E-state index contributed by atoms with van der Waals surface area (Å²) in [4.78, 5) is 13.5. The quantitative estimate of drug-likeness (QED) is 0.812. The lowest BCUT2D eigenvalue weighted by molar-refractivity contribution is -0.115. The molecular weight excluding hydrogens is 230 g/mol. The molecule has 0 N–H and O–H groups in total. The van der Waals surface area contributed by atoms with E-state index in [9.17, 15) is 4.79 Å². The molecule has 0 aromatic carbocycles. The number of nitrogens with zero attached hydrogens (tertiary/aromatic N) is 3. The second kappa shape index (κ2) is 4.94. The number of hydrogen-bond donors (Lipinski definition) is 0. The van der Waals surface area contributed by atoms with Gasteiger partial charge < -0.3 is 0 Å². The van der Waals surface area contributed by atoms with Gasteiger partial charge in [-0.25, -0.2) is 0 Å². The van der Waals surface area contributed by atoms with Crippen LogP contribution in [0.4, 0.5) is 5.13 Å².